The van der Waals surface area contributed by atoms with Gasteiger partial charge in [-0.3, -0.25) is 4.79 Å². The zero-order chi connectivity index (χ0) is 17.2. The molecule has 2 heterocycles. The fourth-order valence-corrected chi connectivity index (χ4v) is 4.47. The maximum Gasteiger partial charge on any atom is 0.254 e. The normalized spacial score (nSPS) is 18.0. The van der Waals surface area contributed by atoms with E-state index in [0.717, 1.165) is 6.42 Å². The molecule has 0 bridgehead atoms. The Labute approximate surface area is 142 Å². The van der Waals surface area contributed by atoms with E-state index >= 15 is 0 Å². The SMILES string of the molecule is CCCCS(=O)(=O)N1CCN(C(=O)c2ccc3c(c2)OCO3)CC1. The third-order valence-electron chi connectivity index (χ3n) is 4.29. The van der Waals surface area contributed by atoms with Crippen molar-refractivity contribution in [1.29, 1.82) is 0 Å². The van der Waals surface area contributed by atoms with Gasteiger partial charge < -0.3 is 14.4 Å². The molecule has 0 aromatic heterocycles. The molecule has 1 saturated heterocycles. The predicted octanol–water partition coefficient (Wildman–Crippen LogP) is 1.30. The highest BCUT2D eigenvalue weighted by atomic mass is 32.2. The van der Waals surface area contributed by atoms with Crippen LogP contribution < -0.4 is 9.47 Å². The van der Waals surface area contributed by atoms with Gasteiger partial charge in [0, 0.05) is 31.7 Å². The van der Waals surface area contributed by atoms with E-state index < -0.39 is 10.0 Å². The summed E-state index contributed by atoms with van der Waals surface area (Å²) in [6, 6.07) is 5.11. The number of hydrogen-bond acceptors (Lipinski definition) is 5. The highest BCUT2D eigenvalue weighted by Gasteiger charge is 2.29. The van der Waals surface area contributed by atoms with Crippen LogP contribution in [0.1, 0.15) is 30.1 Å². The first kappa shape index (κ1) is 17.0. The first-order valence-electron chi connectivity index (χ1n) is 8.18. The number of carbonyl (C=O) groups excluding carboxylic acids is 1. The number of nitrogens with zero attached hydrogens (tertiary/aromatic N) is 2. The summed E-state index contributed by atoms with van der Waals surface area (Å²) < 4.78 is 36.5. The van der Waals surface area contributed by atoms with Gasteiger partial charge in [-0.2, -0.15) is 4.31 Å². The zero-order valence-corrected chi connectivity index (χ0v) is 14.5. The molecule has 132 valence electrons. The van der Waals surface area contributed by atoms with E-state index in [9.17, 15) is 13.2 Å². The highest BCUT2D eigenvalue weighted by Crippen LogP contribution is 2.32. The van der Waals surface area contributed by atoms with Crippen molar-refractivity contribution in [3.63, 3.8) is 0 Å². The van der Waals surface area contributed by atoms with Gasteiger partial charge in [-0.25, -0.2) is 8.42 Å². The van der Waals surface area contributed by atoms with Crippen molar-refractivity contribution in [2.45, 2.75) is 19.8 Å². The van der Waals surface area contributed by atoms with E-state index in [1.54, 1.807) is 23.1 Å². The third kappa shape index (κ3) is 3.49. The van der Waals surface area contributed by atoms with Crippen LogP contribution in [-0.2, 0) is 10.0 Å². The number of benzene rings is 1. The van der Waals surface area contributed by atoms with Crippen molar-refractivity contribution in [3.05, 3.63) is 23.8 Å². The molecular weight excluding hydrogens is 332 g/mol. The lowest BCUT2D eigenvalue weighted by molar-refractivity contribution is 0.0697. The van der Waals surface area contributed by atoms with E-state index in [1.165, 1.54) is 4.31 Å². The molecule has 3 rings (SSSR count). The van der Waals surface area contributed by atoms with Crippen LogP contribution in [0.4, 0.5) is 0 Å². The number of fused-ring (bicyclic) bond motifs is 1. The topological polar surface area (TPSA) is 76.2 Å². The fraction of sp³-hybridized carbons (Fsp3) is 0.562. The molecule has 0 saturated carbocycles. The fourth-order valence-electron chi connectivity index (χ4n) is 2.84. The van der Waals surface area contributed by atoms with E-state index in [2.05, 4.69) is 0 Å². The zero-order valence-electron chi connectivity index (χ0n) is 13.7. The Hall–Kier alpha value is -1.80. The van der Waals surface area contributed by atoms with Crippen molar-refractivity contribution in [1.82, 2.24) is 9.21 Å². The van der Waals surface area contributed by atoms with Crippen LogP contribution in [0.2, 0.25) is 0 Å². The Morgan fingerprint density at radius 2 is 1.83 bits per heavy atom. The molecule has 0 aliphatic carbocycles. The average Bonchev–Trinajstić information content (AvgIpc) is 3.07. The van der Waals surface area contributed by atoms with Crippen LogP contribution in [0.25, 0.3) is 0 Å². The summed E-state index contributed by atoms with van der Waals surface area (Å²) in [6.07, 6.45) is 1.51. The second-order valence-electron chi connectivity index (χ2n) is 5.93. The van der Waals surface area contributed by atoms with Crippen molar-refractivity contribution >= 4 is 15.9 Å². The van der Waals surface area contributed by atoms with Crippen molar-refractivity contribution in [2.75, 3.05) is 38.7 Å². The Morgan fingerprint density at radius 1 is 1.12 bits per heavy atom. The van der Waals surface area contributed by atoms with Crippen LogP contribution in [-0.4, -0.2) is 62.3 Å². The number of rotatable bonds is 5. The van der Waals surface area contributed by atoms with Gasteiger partial charge in [0.05, 0.1) is 5.75 Å². The van der Waals surface area contributed by atoms with E-state index in [4.69, 9.17) is 9.47 Å². The molecule has 7 nitrogen and oxygen atoms in total. The van der Waals surface area contributed by atoms with Crippen molar-refractivity contribution < 1.29 is 22.7 Å². The largest absolute Gasteiger partial charge is 0.454 e. The van der Waals surface area contributed by atoms with Crippen molar-refractivity contribution in [3.8, 4) is 11.5 Å². The number of carbonyl (C=O) groups is 1. The van der Waals surface area contributed by atoms with Gasteiger partial charge in [0.1, 0.15) is 0 Å². The number of sulfonamides is 1. The van der Waals surface area contributed by atoms with Gasteiger partial charge >= 0.3 is 0 Å². The van der Waals surface area contributed by atoms with Crippen LogP contribution in [0, 0.1) is 0 Å². The quantitative estimate of drug-likeness (QED) is 0.797. The minimum Gasteiger partial charge on any atom is -0.454 e. The summed E-state index contributed by atoms with van der Waals surface area (Å²) in [6.45, 7) is 3.64. The summed E-state index contributed by atoms with van der Waals surface area (Å²) in [5.74, 6) is 1.28. The van der Waals surface area contributed by atoms with Crippen LogP contribution in [0.3, 0.4) is 0 Å². The number of piperazine rings is 1. The van der Waals surface area contributed by atoms with Gasteiger partial charge in [0.15, 0.2) is 11.5 Å². The number of amides is 1. The summed E-state index contributed by atoms with van der Waals surface area (Å²) >= 11 is 0. The Morgan fingerprint density at radius 3 is 2.54 bits per heavy atom. The maximum absolute atomic E-state index is 12.6. The summed E-state index contributed by atoms with van der Waals surface area (Å²) in [4.78, 5) is 14.3. The van der Waals surface area contributed by atoms with Crippen LogP contribution >= 0.6 is 0 Å². The smallest absolute Gasteiger partial charge is 0.254 e. The first-order valence-corrected chi connectivity index (χ1v) is 9.79. The molecule has 24 heavy (non-hydrogen) atoms. The molecule has 2 aliphatic rings. The Kier molecular flexibility index (Phi) is 4.96. The molecule has 0 atom stereocenters. The standard InChI is InChI=1S/C16H22N2O5S/c1-2-3-10-24(20,21)18-8-6-17(7-9-18)16(19)13-4-5-14-15(11-13)23-12-22-14/h4-5,11H,2-3,6-10,12H2,1H3. The third-order valence-corrected chi connectivity index (χ3v) is 6.25. The number of unbranched alkanes of at least 4 members (excludes halogenated alkanes) is 1. The van der Waals surface area contributed by atoms with Gasteiger partial charge in [-0.05, 0) is 24.6 Å². The lowest BCUT2D eigenvalue weighted by Crippen LogP contribution is -2.51. The van der Waals surface area contributed by atoms with Gasteiger partial charge in [0.2, 0.25) is 16.8 Å². The monoisotopic (exact) mass is 354 g/mol. The summed E-state index contributed by atoms with van der Waals surface area (Å²) in [5.41, 5.74) is 0.529. The summed E-state index contributed by atoms with van der Waals surface area (Å²) in [5, 5.41) is 0. The number of hydrogen-bond donors (Lipinski definition) is 0. The molecule has 8 heteroatoms. The minimum atomic E-state index is -3.21. The number of ether oxygens (including phenoxy) is 2. The molecule has 0 unspecified atom stereocenters. The van der Waals surface area contributed by atoms with Gasteiger partial charge in [-0.1, -0.05) is 13.3 Å². The highest BCUT2D eigenvalue weighted by molar-refractivity contribution is 7.89. The average molecular weight is 354 g/mol. The lowest BCUT2D eigenvalue weighted by atomic mass is 10.1. The molecule has 2 aliphatic heterocycles. The molecule has 1 amide bonds. The van der Waals surface area contributed by atoms with Crippen molar-refractivity contribution in [2.24, 2.45) is 0 Å². The molecular formula is C16H22N2O5S. The van der Waals surface area contributed by atoms with Crippen LogP contribution in [0.15, 0.2) is 18.2 Å². The Bertz CT molecular complexity index is 711. The van der Waals surface area contributed by atoms with Crippen LogP contribution in [0.5, 0.6) is 11.5 Å². The molecule has 1 aromatic rings. The molecule has 0 spiro atoms. The predicted molar refractivity (Wildman–Crippen MR) is 88.7 cm³/mol. The van der Waals surface area contributed by atoms with E-state index in [-0.39, 0.29) is 18.5 Å². The van der Waals surface area contributed by atoms with Gasteiger partial charge in [-0.15, -0.1) is 0 Å². The second kappa shape index (κ2) is 6.98. The second-order valence-corrected chi connectivity index (χ2v) is 8.02. The molecule has 0 radical (unpaired) electrons. The minimum absolute atomic E-state index is 0.112. The Balaban J connectivity index is 1.61. The van der Waals surface area contributed by atoms with Gasteiger partial charge in [0.25, 0.3) is 5.91 Å². The lowest BCUT2D eigenvalue weighted by Gasteiger charge is -2.34. The molecule has 1 aromatic carbocycles. The molecule has 1 fully saturated rings. The van der Waals surface area contributed by atoms with E-state index in [1.807, 2.05) is 6.92 Å². The van der Waals surface area contributed by atoms with E-state index in [0.29, 0.717) is 49.7 Å². The summed E-state index contributed by atoms with van der Waals surface area (Å²) in [7, 11) is -3.21. The molecule has 0 N–H and O–H groups in total. The maximum atomic E-state index is 12.6. The first-order chi connectivity index (χ1) is 11.5.